The molecule has 0 N–H and O–H groups in total. The second-order valence-electron chi connectivity index (χ2n) is 7.68. The van der Waals surface area contributed by atoms with Crippen molar-refractivity contribution in [2.75, 3.05) is 6.54 Å². The fourth-order valence-electron chi connectivity index (χ4n) is 3.94. The van der Waals surface area contributed by atoms with E-state index in [0.29, 0.717) is 40.9 Å². The number of carbonyl (C=O) groups is 1. The number of hydrogen-bond donors (Lipinski definition) is 0. The molecule has 1 amide bonds. The van der Waals surface area contributed by atoms with E-state index < -0.39 is 0 Å². The van der Waals surface area contributed by atoms with Crippen LogP contribution in [0.4, 0.5) is 4.39 Å². The third-order valence-corrected chi connectivity index (χ3v) is 5.86. The zero-order chi connectivity index (χ0) is 22.1. The normalized spacial score (nSPS) is 15.9. The Labute approximate surface area is 188 Å². The minimum absolute atomic E-state index is 0.143. The van der Waals surface area contributed by atoms with Crippen molar-refractivity contribution in [3.63, 3.8) is 0 Å². The van der Waals surface area contributed by atoms with Gasteiger partial charge in [-0.15, -0.1) is 0 Å². The van der Waals surface area contributed by atoms with Crippen molar-refractivity contribution in [3.8, 4) is 11.3 Å². The zero-order valence-electron chi connectivity index (χ0n) is 17.0. The van der Waals surface area contributed by atoms with Crippen LogP contribution in [0.1, 0.15) is 46.7 Å². The SMILES string of the molecule is O=C(c1cc(-c2ccccc2Cl)no1)N1CCC[C@H]1c1ncc(Cc2ccc(F)cc2)o1. The summed E-state index contributed by atoms with van der Waals surface area (Å²) < 4.78 is 24.4. The van der Waals surface area contributed by atoms with Crippen molar-refractivity contribution < 1.29 is 18.1 Å². The Morgan fingerprint density at radius 1 is 1.19 bits per heavy atom. The molecule has 0 bridgehead atoms. The Morgan fingerprint density at radius 2 is 2.00 bits per heavy atom. The molecule has 32 heavy (non-hydrogen) atoms. The number of likely N-dealkylation sites (tertiary alicyclic amines) is 1. The van der Waals surface area contributed by atoms with Gasteiger partial charge in [-0.05, 0) is 36.6 Å². The summed E-state index contributed by atoms with van der Waals surface area (Å²) in [5, 5.41) is 4.56. The zero-order valence-corrected chi connectivity index (χ0v) is 17.8. The van der Waals surface area contributed by atoms with Crippen LogP contribution in [0.15, 0.2) is 69.7 Å². The number of nitrogens with zero attached hydrogens (tertiary/aromatic N) is 3. The van der Waals surface area contributed by atoms with Crippen LogP contribution in [-0.4, -0.2) is 27.5 Å². The van der Waals surface area contributed by atoms with E-state index in [-0.39, 0.29) is 23.5 Å². The molecule has 3 heterocycles. The third-order valence-electron chi connectivity index (χ3n) is 5.53. The van der Waals surface area contributed by atoms with E-state index in [1.54, 1.807) is 35.4 Å². The van der Waals surface area contributed by atoms with Gasteiger partial charge in [0.2, 0.25) is 11.7 Å². The number of aromatic nitrogens is 2. The van der Waals surface area contributed by atoms with Crippen LogP contribution in [0.2, 0.25) is 5.02 Å². The average Bonchev–Trinajstić information content (AvgIpc) is 3.56. The summed E-state index contributed by atoms with van der Waals surface area (Å²) >= 11 is 6.23. The highest BCUT2D eigenvalue weighted by atomic mass is 35.5. The number of benzene rings is 2. The molecule has 8 heteroatoms. The van der Waals surface area contributed by atoms with Gasteiger partial charge in [-0.1, -0.05) is 47.1 Å². The maximum Gasteiger partial charge on any atom is 0.293 e. The Balaban J connectivity index is 1.33. The molecule has 6 nitrogen and oxygen atoms in total. The highest BCUT2D eigenvalue weighted by Gasteiger charge is 2.35. The highest BCUT2D eigenvalue weighted by molar-refractivity contribution is 6.33. The lowest BCUT2D eigenvalue weighted by molar-refractivity contribution is 0.0672. The molecule has 0 radical (unpaired) electrons. The molecule has 162 valence electrons. The van der Waals surface area contributed by atoms with Crippen LogP contribution >= 0.6 is 11.6 Å². The maximum atomic E-state index is 13.1. The van der Waals surface area contributed by atoms with Crippen molar-refractivity contribution in [1.29, 1.82) is 0 Å². The van der Waals surface area contributed by atoms with Crippen molar-refractivity contribution in [1.82, 2.24) is 15.0 Å². The third kappa shape index (κ3) is 4.03. The summed E-state index contributed by atoms with van der Waals surface area (Å²) in [7, 11) is 0. The van der Waals surface area contributed by atoms with E-state index in [4.69, 9.17) is 20.5 Å². The van der Waals surface area contributed by atoms with E-state index in [1.807, 2.05) is 18.2 Å². The molecule has 0 spiro atoms. The van der Waals surface area contributed by atoms with Gasteiger partial charge in [0.1, 0.15) is 23.3 Å². The van der Waals surface area contributed by atoms with Crippen LogP contribution in [0, 0.1) is 5.82 Å². The van der Waals surface area contributed by atoms with E-state index in [2.05, 4.69) is 10.1 Å². The van der Waals surface area contributed by atoms with Crippen LogP contribution in [-0.2, 0) is 6.42 Å². The summed E-state index contributed by atoms with van der Waals surface area (Å²) in [6.45, 7) is 0.571. The monoisotopic (exact) mass is 451 g/mol. The van der Waals surface area contributed by atoms with Gasteiger partial charge in [-0.3, -0.25) is 4.79 Å². The molecule has 1 aliphatic rings. The van der Waals surface area contributed by atoms with Gasteiger partial charge in [0.05, 0.1) is 11.2 Å². The lowest BCUT2D eigenvalue weighted by Gasteiger charge is -2.20. The fourth-order valence-corrected chi connectivity index (χ4v) is 4.17. The number of oxazole rings is 1. The molecule has 4 aromatic rings. The molecular weight excluding hydrogens is 433 g/mol. The first-order chi connectivity index (χ1) is 15.6. The van der Waals surface area contributed by atoms with Crippen LogP contribution in [0.25, 0.3) is 11.3 Å². The van der Waals surface area contributed by atoms with E-state index in [1.165, 1.54) is 12.1 Å². The molecule has 2 aromatic heterocycles. The van der Waals surface area contributed by atoms with Gasteiger partial charge in [-0.2, -0.15) is 0 Å². The Bertz CT molecular complexity index is 1250. The number of carbonyl (C=O) groups excluding carboxylic acids is 1. The molecular formula is C24H19ClFN3O3. The molecule has 5 rings (SSSR count). The summed E-state index contributed by atoms with van der Waals surface area (Å²) in [5.41, 5.74) is 2.13. The second kappa shape index (κ2) is 8.59. The minimum atomic E-state index is -0.280. The van der Waals surface area contributed by atoms with E-state index in [0.717, 1.165) is 18.4 Å². The quantitative estimate of drug-likeness (QED) is 0.389. The van der Waals surface area contributed by atoms with Gasteiger partial charge in [0, 0.05) is 24.6 Å². The standard InChI is InChI=1S/C24H19ClFN3O3/c25-19-5-2-1-4-18(19)20-13-22(32-28-20)24(30)29-11-3-6-21(29)23-27-14-17(31-23)12-15-7-9-16(26)10-8-15/h1-2,4-5,7-10,13-14,21H,3,6,11-12H2/t21-/m0/s1. The predicted octanol–water partition coefficient (Wildman–Crippen LogP) is 5.69. The molecule has 0 aliphatic carbocycles. The molecule has 1 fully saturated rings. The predicted molar refractivity (Wildman–Crippen MR) is 116 cm³/mol. The lowest BCUT2D eigenvalue weighted by Crippen LogP contribution is -2.30. The average molecular weight is 452 g/mol. The van der Waals surface area contributed by atoms with Gasteiger partial charge >= 0.3 is 0 Å². The summed E-state index contributed by atoms with van der Waals surface area (Å²) in [5.74, 6) is 0.740. The summed E-state index contributed by atoms with van der Waals surface area (Å²) in [4.78, 5) is 19.2. The van der Waals surface area contributed by atoms with Crippen molar-refractivity contribution in [2.24, 2.45) is 0 Å². The Morgan fingerprint density at radius 3 is 2.81 bits per heavy atom. The Kier molecular flexibility index (Phi) is 5.49. The summed E-state index contributed by atoms with van der Waals surface area (Å²) in [6, 6.07) is 14.8. The van der Waals surface area contributed by atoms with Crippen molar-refractivity contribution in [3.05, 3.63) is 94.6 Å². The van der Waals surface area contributed by atoms with E-state index >= 15 is 0 Å². The topological polar surface area (TPSA) is 72.4 Å². The number of hydrogen-bond acceptors (Lipinski definition) is 5. The van der Waals surface area contributed by atoms with Crippen LogP contribution in [0.3, 0.4) is 0 Å². The van der Waals surface area contributed by atoms with Gasteiger partial charge in [0.15, 0.2) is 0 Å². The second-order valence-corrected chi connectivity index (χ2v) is 8.09. The smallest absolute Gasteiger partial charge is 0.293 e. The van der Waals surface area contributed by atoms with Crippen LogP contribution < -0.4 is 0 Å². The highest BCUT2D eigenvalue weighted by Crippen LogP contribution is 2.34. The number of rotatable bonds is 5. The van der Waals surface area contributed by atoms with Crippen molar-refractivity contribution >= 4 is 17.5 Å². The van der Waals surface area contributed by atoms with Crippen molar-refractivity contribution in [2.45, 2.75) is 25.3 Å². The first-order valence-electron chi connectivity index (χ1n) is 10.3. The molecule has 0 saturated carbocycles. The largest absolute Gasteiger partial charge is 0.443 e. The lowest BCUT2D eigenvalue weighted by atomic mass is 10.1. The number of halogens is 2. The number of amides is 1. The van der Waals surface area contributed by atoms with E-state index in [9.17, 15) is 9.18 Å². The van der Waals surface area contributed by atoms with Crippen LogP contribution in [0.5, 0.6) is 0 Å². The van der Waals surface area contributed by atoms with Gasteiger partial charge in [-0.25, -0.2) is 9.37 Å². The first-order valence-corrected chi connectivity index (χ1v) is 10.7. The molecule has 1 saturated heterocycles. The maximum absolute atomic E-state index is 13.1. The molecule has 1 aliphatic heterocycles. The fraction of sp³-hybridized carbons (Fsp3) is 0.208. The van der Waals surface area contributed by atoms with Gasteiger partial charge < -0.3 is 13.8 Å². The minimum Gasteiger partial charge on any atom is -0.443 e. The Hall–Kier alpha value is -3.45. The molecule has 1 atom stereocenters. The summed E-state index contributed by atoms with van der Waals surface area (Å²) in [6.07, 6.45) is 3.73. The molecule has 0 unspecified atom stereocenters. The molecule has 2 aromatic carbocycles. The first kappa shape index (κ1) is 20.5. The van der Waals surface area contributed by atoms with Gasteiger partial charge in [0.25, 0.3) is 5.91 Å².